The first-order valence-corrected chi connectivity index (χ1v) is 11.3. The van der Waals surface area contributed by atoms with Gasteiger partial charge in [0.2, 0.25) is 5.91 Å². The van der Waals surface area contributed by atoms with E-state index in [1.165, 1.54) is 33.1 Å². The maximum Gasteiger partial charge on any atom is 0.326 e. The second-order valence-electron chi connectivity index (χ2n) is 7.58. The van der Waals surface area contributed by atoms with Gasteiger partial charge in [0.25, 0.3) is 0 Å². The Hall–Kier alpha value is -2.35. The number of hydrogen-bond donors (Lipinski definition) is 1. The van der Waals surface area contributed by atoms with Crippen LogP contribution in [0.15, 0.2) is 18.5 Å². The van der Waals surface area contributed by atoms with E-state index in [0.29, 0.717) is 5.69 Å². The van der Waals surface area contributed by atoms with Crippen LogP contribution in [0, 0.1) is 0 Å². The van der Waals surface area contributed by atoms with Crippen molar-refractivity contribution in [3.05, 3.63) is 46.3 Å². The van der Waals surface area contributed by atoms with Crippen molar-refractivity contribution in [2.45, 2.75) is 51.9 Å². The minimum Gasteiger partial charge on any atom is -0.274 e. The lowest BCUT2D eigenvalue weighted by Gasteiger charge is -2.21. The highest BCUT2D eigenvalue weighted by atomic mass is 32.2. The molecule has 0 saturated heterocycles. The molecule has 150 valence electrons. The smallest absolute Gasteiger partial charge is 0.274 e. The molecule has 0 bridgehead atoms. The largest absolute Gasteiger partial charge is 0.326 e. The number of fused-ring (bicyclic) bond motifs is 2. The summed E-state index contributed by atoms with van der Waals surface area (Å²) in [5.41, 5.74) is 6.74. The van der Waals surface area contributed by atoms with E-state index in [2.05, 4.69) is 15.9 Å². The molecule has 1 heterocycles. The first-order valence-electron chi connectivity index (χ1n) is 9.86. The van der Waals surface area contributed by atoms with E-state index in [4.69, 9.17) is 0 Å². The van der Waals surface area contributed by atoms with Crippen LogP contribution < -0.4 is 9.03 Å². The molecule has 0 spiro atoms. The summed E-state index contributed by atoms with van der Waals surface area (Å²) in [5, 5.41) is 4.02. The SMILES string of the molecule is CCN(c1cnn(C)c1)S(=O)(=O)NC(=O)Cc1c2c(cc3c1CCC3)CCC2. The average Bonchev–Trinajstić information content (AvgIpc) is 3.35. The van der Waals surface area contributed by atoms with E-state index in [9.17, 15) is 13.2 Å². The van der Waals surface area contributed by atoms with Crippen LogP contribution in [-0.2, 0) is 54.2 Å². The summed E-state index contributed by atoms with van der Waals surface area (Å²) in [7, 11) is -2.26. The molecule has 0 saturated carbocycles. The number of hydrogen-bond acceptors (Lipinski definition) is 4. The van der Waals surface area contributed by atoms with Gasteiger partial charge >= 0.3 is 10.2 Å². The molecule has 4 rings (SSSR count). The van der Waals surface area contributed by atoms with Crippen LogP contribution in [0.2, 0.25) is 0 Å². The van der Waals surface area contributed by atoms with Crippen molar-refractivity contribution >= 4 is 21.8 Å². The molecule has 0 atom stereocenters. The van der Waals surface area contributed by atoms with Gasteiger partial charge in [0, 0.05) is 19.8 Å². The highest BCUT2D eigenvalue weighted by molar-refractivity contribution is 7.91. The quantitative estimate of drug-likeness (QED) is 0.799. The zero-order chi connectivity index (χ0) is 19.9. The Bertz CT molecular complexity index is 994. The van der Waals surface area contributed by atoms with Crippen molar-refractivity contribution in [2.75, 3.05) is 10.8 Å². The van der Waals surface area contributed by atoms with Crippen LogP contribution in [0.3, 0.4) is 0 Å². The van der Waals surface area contributed by atoms with E-state index in [1.807, 2.05) is 0 Å². The summed E-state index contributed by atoms with van der Waals surface area (Å²) in [6.07, 6.45) is 9.50. The van der Waals surface area contributed by atoms with Crippen molar-refractivity contribution in [1.29, 1.82) is 0 Å². The lowest BCUT2D eigenvalue weighted by molar-refractivity contribution is -0.118. The van der Waals surface area contributed by atoms with Gasteiger partial charge in [-0.05, 0) is 73.3 Å². The number of carbonyl (C=O) groups is 1. The van der Waals surface area contributed by atoms with Crippen molar-refractivity contribution in [3.8, 4) is 0 Å². The van der Waals surface area contributed by atoms with E-state index < -0.39 is 16.1 Å². The molecule has 1 aromatic carbocycles. The summed E-state index contributed by atoms with van der Waals surface area (Å²) in [6.45, 7) is 1.94. The van der Waals surface area contributed by atoms with Gasteiger partial charge in [-0.3, -0.25) is 13.8 Å². The van der Waals surface area contributed by atoms with E-state index >= 15 is 0 Å². The Morgan fingerprint density at radius 2 is 1.82 bits per heavy atom. The number of aromatic nitrogens is 2. The molecule has 0 aliphatic heterocycles. The van der Waals surface area contributed by atoms with E-state index in [1.54, 1.807) is 20.2 Å². The number of amides is 1. The van der Waals surface area contributed by atoms with Crippen LogP contribution in [-0.4, -0.2) is 30.7 Å². The number of nitrogens with zero attached hydrogens (tertiary/aromatic N) is 3. The molecule has 8 heteroatoms. The molecule has 1 amide bonds. The molecule has 0 fully saturated rings. The Kier molecular flexibility index (Phi) is 4.91. The van der Waals surface area contributed by atoms with Gasteiger partial charge in [-0.2, -0.15) is 13.5 Å². The molecule has 0 radical (unpaired) electrons. The Morgan fingerprint density at radius 3 is 2.36 bits per heavy atom. The zero-order valence-corrected chi connectivity index (χ0v) is 17.2. The fourth-order valence-corrected chi connectivity index (χ4v) is 5.75. The Labute approximate surface area is 165 Å². The maximum absolute atomic E-state index is 12.8. The summed E-state index contributed by atoms with van der Waals surface area (Å²) in [4.78, 5) is 12.7. The zero-order valence-electron chi connectivity index (χ0n) is 16.4. The molecule has 2 aliphatic rings. The number of aryl methyl sites for hydroxylation is 3. The molecule has 1 N–H and O–H groups in total. The van der Waals surface area contributed by atoms with Crippen molar-refractivity contribution in [3.63, 3.8) is 0 Å². The number of anilines is 1. The fourth-order valence-electron chi connectivity index (χ4n) is 4.57. The van der Waals surface area contributed by atoms with Crippen LogP contribution in [0.1, 0.15) is 47.6 Å². The predicted molar refractivity (Wildman–Crippen MR) is 107 cm³/mol. The highest BCUT2D eigenvalue weighted by Gasteiger charge is 2.28. The number of carbonyl (C=O) groups excluding carboxylic acids is 1. The predicted octanol–water partition coefficient (Wildman–Crippen LogP) is 1.83. The lowest BCUT2D eigenvalue weighted by atomic mass is 9.92. The monoisotopic (exact) mass is 402 g/mol. The number of rotatable bonds is 6. The first kappa shape index (κ1) is 19.0. The van der Waals surface area contributed by atoms with E-state index in [-0.39, 0.29) is 13.0 Å². The first-order chi connectivity index (χ1) is 13.4. The molecular formula is C20H26N4O3S. The van der Waals surface area contributed by atoms with Gasteiger partial charge in [0.1, 0.15) is 0 Å². The minimum absolute atomic E-state index is 0.120. The van der Waals surface area contributed by atoms with Gasteiger partial charge < -0.3 is 0 Å². The van der Waals surface area contributed by atoms with E-state index in [0.717, 1.165) is 48.4 Å². The molecule has 1 aromatic heterocycles. The Morgan fingerprint density at radius 1 is 1.18 bits per heavy atom. The third-order valence-electron chi connectivity index (χ3n) is 5.73. The maximum atomic E-state index is 12.8. The summed E-state index contributed by atoms with van der Waals surface area (Å²) in [6, 6.07) is 2.31. The van der Waals surface area contributed by atoms with Gasteiger partial charge in [-0.25, -0.2) is 4.72 Å². The minimum atomic E-state index is -3.98. The fraction of sp³-hybridized carbons (Fsp3) is 0.500. The molecule has 0 unspecified atom stereocenters. The van der Waals surface area contributed by atoms with Crippen LogP contribution >= 0.6 is 0 Å². The molecule has 2 aromatic rings. The number of benzene rings is 1. The average molecular weight is 403 g/mol. The lowest BCUT2D eigenvalue weighted by Crippen LogP contribution is -2.44. The van der Waals surface area contributed by atoms with Gasteiger partial charge in [-0.1, -0.05) is 6.07 Å². The van der Waals surface area contributed by atoms with Gasteiger partial charge in [0.15, 0.2) is 0 Å². The topological polar surface area (TPSA) is 84.3 Å². The number of nitrogens with one attached hydrogen (secondary N) is 1. The normalized spacial score (nSPS) is 15.4. The van der Waals surface area contributed by atoms with Gasteiger partial charge in [0.05, 0.1) is 18.3 Å². The molecular weight excluding hydrogens is 376 g/mol. The van der Waals surface area contributed by atoms with Crippen LogP contribution in [0.5, 0.6) is 0 Å². The third kappa shape index (κ3) is 3.41. The summed E-state index contributed by atoms with van der Waals surface area (Å²) in [5.74, 6) is -0.475. The Balaban J connectivity index is 1.57. The van der Waals surface area contributed by atoms with Crippen LogP contribution in [0.4, 0.5) is 5.69 Å². The third-order valence-corrected chi connectivity index (χ3v) is 7.27. The highest BCUT2D eigenvalue weighted by Crippen LogP contribution is 2.35. The van der Waals surface area contributed by atoms with Crippen molar-refractivity contribution < 1.29 is 13.2 Å². The molecule has 28 heavy (non-hydrogen) atoms. The second kappa shape index (κ2) is 7.24. The summed E-state index contributed by atoms with van der Waals surface area (Å²) < 4.78 is 30.6. The molecule has 2 aliphatic carbocycles. The van der Waals surface area contributed by atoms with Crippen molar-refractivity contribution in [1.82, 2.24) is 14.5 Å². The molecule has 7 nitrogen and oxygen atoms in total. The van der Waals surface area contributed by atoms with Crippen LogP contribution in [0.25, 0.3) is 0 Å². The standard InChI is InChI=1S/C20H26N4O3S/c1-3-24(16-12-21-23(2)13-16)28(26,27)22-20(25)11-19-17-8-4-6-14(17)10-15-7-5-9-18(15)19/h10,12-13H,3-9,11H2,1-2H3,(H,22,25). The summed E-state index contributed by atoms with van der Waals surface area (Å²) >= 11 is 0. The van der Waals surface area contributed by atoms with Crippen molar-refractivity contribution in [2.24, 2.45) is 7.05 Å². The van der Waals surface area contributed by atoms with Gasteiger partial charge in [-0.15, -0.1) is 0 Å². The second-order valence-corrected chi connectivity index (χ2v) is 9.18.